The maximum atomic E-state index is 11.3. The van der Waals surface area contributed by atoms with Gasteiger partial charge in [-0.1, -0.05) is 0 Å². The molecule has 0 aromatic carbocycles. The van der Waals surface area contributed by atoms with Gasteiger partial charge in [-0.05, 0) is 46.3 Å². The van der Waals surface area contributed by atoms with Crippen LogP contribution >= 0.6 is 0 Å². The summed E-state index contributed by atoms with van der Waals surface area (Å²) in [6.45, 7) is 5.43. The molecule has 0 aromatic rings. The van der Waals surface area contributed by atoms with Gasteiger partial charge in [-0.15, -0.1) is 0 Å². The third-order valence-corrected chi connectivity index (χ3v) is 2.88. The van der Waals surface area contributed by atoms with Gasteiger partial charge in [0, 0.05) is 12.6 Å². The molecule has 1 saturated heterocycles. The molecule has 4 nitrogen and oxygen atoms in total. The third kappa shape index (κ3) is 5.14. The molecular weight excluding hydrogens is 190 g/mol. The number of likely N-dealkylation sites (N-methyl/N-ethyl adjacent to an activating group) is 1. The fourth-order valence-electron chi connectivity index (χ4n) is 1.94. The van der Waals surface area contributed by atoms with Crippen molar-refractivity contribution in [3.8, 4) is 0 Å². The Labute approximate surface area is 92.4 Å². The molecule has 1 heterocycles. The summed E-state index contributed by atoms with van der Waals surface area (Å²) >= 11 is 0. The maximum Gasteiger partial charge on any atom is 0.233 e. The van der Waals surface area contributed by atoms with E-state index >= 15 is 0 Å². The normalized spacial score (nSPS) is 23.5. The number of hydrogen-bond acceptors (Lipinski definition) is 3. The lowest BCUT2D eigenvalue weighted by Crippen LogP contribution is -2.39. The Bertz CT molecular complexity index is 196. The molecular formula is C11H23N3O. The first-order valence-corrected chi connectivity index (χ1v) is 5.91. The Morgan fingerprint density at radius 2 is 2.20 bits per heavy atom. The molecule has 4 heteroatoms. The van der Waals surface area contributed by atoms with Gasteiger partial charge in [0.2, 0.25) is 5.91 Å². The average Bonchev–Trinajstić information content (AvgIpc) is 2.41. The quantitative estimate of drug-likeness (QED) is 0.701. The lowest BCUT2D eigenvalue weighted by molar-refractivity contribution is -0.120. The van der Waals surface area contributed by atoms with Gasteiger partial charge in [-0.3, -0.25) is 4.79 Å². The highest BCUT2D eigenvalue weighted by Gasteiger charge is 2.14. The summed E-state index contributed by atoms with van der Waals surface area (Å²) in [6.07, 6.45) is 3.56. The highest BCUT2D eigenvalue weighted by Crippen LogP contribution is 2.08. The molecule has 88 valence electrons. The zero-order valence-corrected chi connectivity index (χ0v) is 9.88. The molecule has 0 aromatic heterocycles. The molecule has 1 aliphatic heterocycles. The van der Waals surface area contributed by atoms with E-state index in [1.165, 1.54) is 19.4 Å². The van der Waals surface area contributed by atoms with E-state index in [0.717, 1.165) is 13.0 Å². The van der Waals surface area contributed by atoms with Gasteiger partial charge < -0.3 is 15.5 Å². The van der Waals surface area contributed by atoms with E-state index in [-0.39, 0.29) is 5.91 Å². The van der Waals surface area contributed by atoms with E-state index in [4.69, 9.17) is 0 Å². The Balaban J connectivity index is 2.17. The number of carbonyl (C=O) groups is 1. The van der Waals surface area contributed by atoms with Crippen molar-refractivity contribution >= 4 is 5.91 Å². The Hall–Kier alpha value is -0.610. The van der Waals surface area contributed by atoms with Crippen molar-refractivity contribution in [2.45, 2.75) is 32.2 Å². The van der Waals surface area contributed by atoms with E-state index in [2.05, 4.69) is 22.6 Å². The van der Waals surface area contributed by atoms with Gasteiger partial charge in [0.05, 0.1) is 6.54 Å². The smallest absolute Gasteiger partial charge is 0.233 e. The van der Waals surface area contributed by atoms with Gasteiger partial charge in [0.15, 0.2) is 0 Å². The summed E-state index contributed by atoms with van der Waals surface area (Å²) in [7, 11) is 2.16. The average molecular weight is 213 g/mol. The molecule has 15 heavy (non-hydrogen) atoms. The minimum atomic E-state index is 0.107. The first-order valence-electron chi connectivity index (χ1n) is 5.91. The molecule has 0 aliphatic carbocycles. The number of nitrogens with one attached hydrogen (secondary N) is 2. The number of rotatable bonds is 4. The summed E-state index contributed by atoms with van der Waals surface area (Å²) in [5.41, 5.74) is 0. The molecule has 0 saturated carbocycles. The van der Waals surface area contributed by atoms with Crippen LogP contribution in [-0.4, -0.2) is 50.1 Å². The van der Waals surface area contributed by atoms with Gasteiger partial charge >= 0.3 is 0 Å². The molecule has 0 bridgehead atoms. The second-order valence-electron chi connectivity index (χ2n) is 4.27. The molecule has 1 rings (SSSR count). The lowest BCUT2D eigenvalue weighted by atomic mass is 10.1. The second-order valence-corrected chi connectivity index (χ2v) is 4.27. The lowest BCUT2D eigenvalue weighted by Gasteiger charge is -2.16. The molecule has 1 unspecified atom stereocenters. The van der Waals surface area contributed by atoms with E-state index in [9.17, 15) is 4.79 Å². The van der Waals surface area contributed by atoms with Gasteiger partial charge in [-0.25, -0.2) is 0 Å². The number of nitrogens with zero attached hydrogens (tertiary/aromatic N) is 1. The third-order valence-electron chi connectivity index (χ3n) is 2.88. The molecule has 1 fully saturated rings. The summed E-state index contributed by atoms with van der Waals surface area (Å²) in [4.78, 5) is 13.6. The number of carbonyl (C=O) groups excluding carboxylic acids is 1. The minimum absolute atomic E-state index is 0.107. The van der Waals surface area contributed by atoms with Crippen LogP contribution in [0, 0.1) is 0 Å². The predicted molar refractivity (Wildman–Crippen MR) is 61.8 cm³/mol. The summed E-state index contributed by atoms with van der Waals surface area (Å²) in [5.74, 6) is 0.107. The number of likely N-dealkylation sites (tertiary alicyclic amines) is 1. The van der Waals surface area contributed by atoms with E-state index in [0.29, 0.717) is 19.1 Å². The second kappa shape index (κ2) is 6.80. The van der Waals surface area contributed by atoms with Crippen LogP contribution in [0.3, 0.4) is 0 Å². The standard InChI is InChI=1S/C11H23N3O/c1-3-12-11(15)9-13-10-5-4-7-14(2)8-6-10/h10,13H,3-9H2,1-2H3,(H,12,15). The van der Waals surface area contributed by atoms with Crippen LogP contribution in [0.25, 0.3) is 0 Å². The Kier molecular flexibility index (Phi) is 5.65. The highest BCUT2D eigenvalue weighted by atomic mass is 16.1. The maximum absolute atomic E-state index is 11.3. The summed E-state index contributed by atoms with van der Waals surface area (Å²) < 4.78 is 0. The van der Waals surface area contributed by atoms with Crippen molar-refractivity contribution in [1.29, 1.82) is 0 Å². The highest BCUT2D eigenvalue weighted by molar-refractivity contribution is 5.77. The minimum Gasteiger partial charge on any atom is -0.355 e. The van der Waals surface area contributed by atoms with Gasteiger partial charge in [0.25, 0.3) is 0 Å². The zero-order chi connectivity index (χ0) is 11.1. The fraction of sp³-hybridized carbons (Fsp3) is 0.909. The topological polar surface area (TPSA) is 44.4 Å². The van der Waals surface area contributed by atoms with Crippen LogP contribution in [0.2, 0.25) is 0 Å². The first-order chi connectivity index (χ1) is 7.22. The van der Waals surface area contributed by atoms with Crippen LogP contribution < -0.4 is 10.6 Å². The fourth-order valence-corrected chi connectivity index (χ4v) is 1.94. The summed E-state index contributed by atoms with van der Waals surface area (Å²) in [6, 6.07) is 0.512. The summed E-state index contributed by atoms with van der Waals surface area (Å²) in [5, 5.41) is 6.13. The van der Waals surface area contributed by atoms with E-state index < -0.39 is 0 Å². The van der Waals surface area contributed by atoms with Crippen LogP contribution in [-0.2, 0) is 4.79 Å². The van der Waals surface area contributed by atoms with Crippen molar-refractivity contribution in [3.63, 3.8) is 0 Å². The van der Waals surface area contributed by atoms with E-state index in [1.54, 1.807) is 0 Å². The van der Waals surface area contributed by atoms with Crippen molar-refractivity contribution in [1.82, 2.24) is 15.5 Å². The first kappa shape index (κ1) is 12.5. The molecule has 1 atom stereocenters. The monoisotopic (exact) mass is 213 g/mol. The molecule has 2 N–H and O–H groups in total. The van der Waals surface area contributed by atoms with Gasteiger partial charge in [0.1, 0.15) is 0 Å². The van der Waals surface area contributed by atoms with Crippen molar-refractivity contribution in [2.24, 2.45) is 0 Å². The zero-order valence-electron chi connectivity index (χ0n) is 9.88. The van der Waals surface area contributed by atoms with Crippen LogP contribution in [0.15, 0.2) is 0 Å². The molecule has 1 amide bonds. The van der Waals surface area contributed by atoms with Crippen LogP contribution in [0.1, 0.15) is 26.2 Å². The van der Waals surface area contributed by atoms with Crippen molar-refractivity contribution in [2.75, 3.05) is 33.2 Å². The van der Waals surface area contributed by atoms with Crippen molar-refractivity contribution < 1.29 is 4.79 Å². The number of amides is 1. The van der Waals surface area contributed by atoms with Crippen LogP contribution in [0.5, 0.6) is 0 Å². The van der Waals surface area contributed by atoms with Crippen molar-refractivity contribution in [3.05, 3.63) is 0 Å². The molecule has 1 aliphatic rings. The largest absolute Gasteiger partial charge is 0.355 e. The predicted octanol–water partition coefficient (Wildman–Crippen LogP) is 0.196. The number of hydrogen-bond donors (Lipinski definition) is 2. The van der Waals surface area contributed by atoms with Gasteiger partial charge in [-0.2, -0.15) is 0 Å². The van der Waals surface area contributed by atoms with Crippen LogP contribution in [0.4, 0.5) is 0 Å². The molecule has 0 spiro atoms. The SMILES string of the molecule is CCNC(=O)CNC1CCCN(C)CC1. The van der Waals surface area contributed by atoms with E-state index in [1.807, 2.05) is 6.92 Å². The Morgan fingerprint density at radius 1 is 1.40 bits per heavy atom. The molecule has 0 radical (unpaired) electrons. The Morgan fingerprint density at radius 3 is 2.93 bits per heavy atom.